The molecular formula is C22H24N2O. The van der Waals surface area contributed by atoms with Crippen LogP contribution in [0.3, 0.4) is 0 Å². The Balaban J connectivity index is 1.67. The Morgan fingerprint density at radius 1 is 0.920 bits per heavy atom. The number of amides is 1. The molecule has 0 saturated carbocycles. The first kappa shape index (κ1) is 17.2. The van der Waals surface area contributed by atoms with Crippen LogP contribution in [-0.2, 0) is 11.3 Å². The van der Waals surface area contributed by atoms with Crippen LogP contribution in [-0.4, -0.2) is 18.5 Å². The minimum Gasteiger partial charge on any atom is -0.309 e. The number of carbonyl (C=O) groups is 1. The highest BCUT2D eigenvalue weighted by atomic mass is 16.2. The van der Waals surface area contributed by atoms with Crippen molar-refractivity contribution in [2.75, 3.05) is 11.4 Å². The molecule has 1 N–H and O–H groups in total. The van der Waals surface area contributed by atoms with Crippen molar-refractivity contribution in [2.45, 2.75) is 26.4 Å². The molecule has 0 radical (unpaired) electrons. The highest BCUT2D eigenvalue weighted by Gasteiger charge is 2.18. The van der Waals surface area contributed by atoms with Gasteiger partial charge in [0.25, 0.3) is 0 Å². The molecule has 3 heteroatoms. The van der Waals surface area contributed by atoms with E-state index in [1.807, 2.05) is 61.2 Å². The number of anilines is 1. The molecular weight excluding hydrogens is 308 g/mol. The van der Waals surface area contributed by atoms with Crippen LogP contribution < -0.4 is 10.2 Å². The van der Waals surface area contributed by atoms with E-state index < -0.39 is 0 Å². The van der Waals surface area contributed by atoms with E-state index in [2.05, 4.69) is 35.6 Å². The minimum absolute atomic E-state index is 0.0847. The number of carbonyl (C=O) groups excluding carboxylic acids is 1. The average molecular weight is 332 g/mol. The maximum Gasteiger partial charge on any atom is 0.241 e. The Kier molecular flexibility index (Phi) is 5.46. The van der Waals surface area contributed by atoms with Crippen LogP contribution in [0.4, 0.5) is 5.69 Å². The molecule has 3 aromatic carbocycles. The number of para-hydroxylation sites is 1. The van der Waals surface area contributed by atoms with Gasteiger partial charge < -0.3 is 10.2 Å². The van der Waals surface area contributed by atoms with E-state index in [0.717, 1.165) is 5.69 Å². The summed E-state index contributed by atoms with van der Waals surface area (Å²) >= 11 is 0. The monoisotopic (exact) mass is 332 g/mol. The van der Waals surface area contributed by atoms with Gasteiger partial charge in [0.1, 0.15) is 0 Å². The summed E-state index contributed by atoms with van der Waals surface area (Å²) in [6.45, 7) is 5.06. The van der Waals surface area contributed by atoms with Crippen molar-refractivity contribution < 1.29 is 4.79 Å². The first-order chi connectivity index (χ1) is 12.2. The summed E-state index contributed by atoms with van der Waals surface area (Å²) in [7, 11) is 0. The molecule has 0 aliphatic carbocycles. The van der Waals surface area contributed by atoms with Crippen molar-refractivity contribution in [3.05, 3.63) is 78.4 Å². The standard InChI is InChI=1S/C22H24N2O/c1-17(2)24(20-12-4-3-5-13-20)22(25)16-23-15-19-11-8-10-18-9-6-7-14-21(18)19/h3-14,17,23H,15-16H2,1-2H3. The van der Waals surface area contributed by atoms with E-state index >= 15 is 0 Å². The molecule has 0 saturated heterocycles. The number of benzene rings is 3. The molecule has 0 aromatic heterocycles. The van der Waals surface area contributed by atoms with Crippen LogP contribution in [0.25, 0.3) is 10.8 Å². The van der Waals surface area contributed by atoms with E-state index in [1.54, 1.807) is 0 Å². The quantitative estimate of drug-likeness (QED) is 0.727. The predicted molar refractivity (Wildman–Crippen MR) is 105 cm³/mol. The normalized spacial score (nSPS) is 11.0. The number of nitrogens with one attached hydrogen (secondary N) is 1. The summed E-state index contributed by atoms with van der Waals surface area (Å²) in [6, 6.07) is 24.6. The predicted octanol–water partition coefficient (Wildman–Crippen LogP) is 4.37. The van der Waals surface area contributed by atoms with E-state index in [1.165, 1.54) is 16.3 Å². The van der Waals surface area contributed by atoms with Gasteiger partial charge in [0.15, 0.2) is 0 Å². The van der Waals surface area contributed by atoms with Gasteiger partial charge >= 0.3 is 0 Å². The molecule has 0 unspecified atom stereocenters. The summed E-state index contributed by atoms with van der Waals surface area (Å²) in [5, 5.41) is 5.76. The number of rotatable bonds is 6. The fourth-order valence-corrected chi connectivity index (χ4v) is 3.15. The largest absolute Gasteiger partial charge is 0.309 e. The molecule has 128 valence electrons. The van der Waals surface area contributed by atoms with Gasteiger partial charge in [0.05, 0.1) is 6.54 Å². The second kappa shape index (κ2) is 7.95. The Morgan fingerprint density at radius 2 is 1.60 bits per heavy atom. The van der Waals surface area contributed by atoms with E-state index in [-0.39, 0.29) is 11.9 Å². The molecule has 0 heterocycles. The lowest BCUT2D eigenvalue weighted by Crippen LogP contribution is -2.42. The molecule has 3 nitrogen and oxygen atoms in total. The summed E-state index contributed by atoms with van der Waals surface area (Å²) in [5.74, 6) is 0.0847. The van der Waals surface area contributed by atoms with Gasteiger partial charge in [-0.1, -0.05) is 60.7 Å². The first-order valence-electron chi connectivity index (χ1n) is 8.71. The highest BCUT2D eigenvalue weighted by molar-refractivity contribution is 5.95. The smallest absolute Gasteiger partial charge is 0.241 e. The molecule has 0 fully saturated rings. The summed E-state index contributed by atoms with van der Waals surface area (Å²) in [4.78, 5) is 14.5. The summed E-state index contributed by atoms with van der Waals surface area (Å²) in [5.41, 5.74) is 2.15. The zero-order chi connectivity index (χ0) is 17.6. The summed E-state index contributed by atoms with van der Waals surface area (Å²) in [6.07, 6.45) is 0. The zero-order valence-corrected chi connectivity index (χ0v) is 14.8. The SMILES string of the molecule is CC(C)N(C(=O)CNCc1cccc2ccccc12)c1ccccc1. The second-order valence-electron chi connectivity index (χ2n) is 6.43. The van der Waals surface area contributed by atoms with Gasteiger partial charge in [0.2, 0.25) is 5.91 Å². The lowest BCUT2D eigenvalue weighted by molar-refractivity contribution is -0.118. The third kappa shape index (κ3) is 4.06. The van der Waals surface area contributed by atoms with Gasteiger partial charge in [-0.05, 0) is 42.3 Å². The van der Waals surface area contributed by atoms with E-state index in [4.69, 9.17) is 0 Å². The Labute approximate surface area is 149 Å². The summed E-state index contributed by atoms with van der Waals surface area (Å²) < 4.78 is 0. The number of hydrogen-bond acceptors (Lipinski definition) is 2. The maximum absolute atomic E-state index is 12.7. The number of hydrogen-bond donors (Lipinski definition) is 1. The number of fused-ring (bicyclic) bond motifs is 1. The maximum atomic E-state index is 12.7. The van der Waals surface area contributed by atoms with E-state index in [0.29, 0.717) is 13.1 Å². The van der Waals surface area contributed by atoms with Crippen molar-refractivity contribution in [3.8, 4) is 0 Å². The molecule has 0 atom stereocenters. The Hall–Kier alpha value is -2.65. The fraction of sp³-hybridized carbons (Fsp3) is 0.227. The Morgan fingerprint density at radius 3 is 2.36 bits per heavy atom. The molecule has 0 aliphatic heterocycles. The average Bonchev–Trinajstić information content (AvgIpc) is 2.63. The zero-order valence-electron chi connectivity index (χ0n) is 14.8. The molecule has 1 amide bonds. The topological polar surface area (TPSA) is 32.3 Å². The second-order valence-corrected chi connectivity index (χ2v) is 6.43. The lowest BCUT2D eigenvalue weighted by Gasteiger charge is -2.27. The third-order valence-electron chi connectivity index (χ3n) is 4.29. The first-order valence-corrected chi connectivity index (χ1v) is 8.71. The van der Waals surface area contributed by atoms with Crippen molar-refractivity contribution in [1.82, 2.24) is 5.32 Å². The van der Waals surface area contributed by atoms with Gasteiger partial charge in [-0.2, -0.15) is 0 Å². The van der Waals surface area contributed by atoms with Crippen molar-refractivity contribution >= 4 is 22.4 Å². The van der Waals surface area contributed by atoms with Gasteiger partial charge in [-0.15, -0.1) is 0 Å². The van der Waals surface area contributed by atoms with Crippen LogP contribution in [0.1, 0.15) is 19.4 Å². The fourth-order valence-electron chi connectivity index (χ4n) is 3.15. The lowest BCUT2D eigenvalue weighted by atomic mass is 10.0. The van der Waals surface area contributed by atoms with Crippen LogP contribution in [0, 0.1) is 0 Å². The molecule has 3 rings (SSSR count). The van der Waals surface area contributed by atoms with Crippen molar-refractivity contribution in [2.24, 2.45) is 0 Å². The molecule has 0 spiro atoms. The molecule has 3 aromatic rings. The van der Waals surface area contributed by atoms with Crippen molar-refractivity contribution in [3.63, 3.8) is 0 Å². The van der Waals surface area contributed by atoms with Gasteiger partial charge in [-0.25, -0.2) is 0 Å². The molecule has 25 heavy (non-hydrogen) atoms. The van der Waals surface area contributed by atoms with Crippen LogP contribution in [0.15, 0.2) is 72.8 Å². The Bertz CT molecular complexity index is 838. The van der Waals surface area contributed by atoms with Gasteiger partial charge in [0, 0.05) is 18.3 Å². The van der Waals surface area contributed by atoms with Crippen LogP contribution >= 0.6 is 0 Å². The third-order valence-corrected chi connectivity index (χ3v) is 4.29. The van der Waals surface area contributed by atoms with Crippen LogP contribution in [0.5, 0.6) is 0 Å². The van der Waals surface area contributed by atoms with Gasteiger partial charge in [-0.3, -0.25) is 4.79 Å². The van der Waals surface area contributed by atoms with Crippen LogP contribution in [0.2, 0.25) is 0 Å². The molecule has 0 bridgehead atoms. The van der Waals surface area contributed by atoms with Crippen molar-refractivity contribution in [1.29, 1.82) is 0 Å². The number of nitrogens with zero attached hydrogens (tertiary/aromatic N) is 1. The molecule has 0 aliphatic rings. The van der Waals surface area contributed by atoms with E-state index in [9.17, 15) is 4.79 Å². The minimum atomic E-state index is 0.0847. The highest BCUT2D eigenvalue weighted by Crippen LogP contribution is 2.19.